The van der Waals surface area contributed by atoms with Crippen molar-refractivity contribution in [1.82, 2.24) is 0 Å². The van der Waals surface area contributed by atoms with Crippen molar-refractivity contribution in [3.8, 4) is 5.75 Å². The molecule has 0 radical (unpaired) electrons. The molecule has 0 atom stereocenters. The summed E-state index contributed by atoms with van der Waals surface area (Å²) in [5.41, 5.74) is 0.843. The first-order valence-corrected chi connectivity index (χ1v) is 7.77. The number of amides is 2. The maximum absolute atomic E-state index is 12.8. The maximum atomic E-state index is 12.8. The second kappa shape index (κ2) is 6.38. The van der Waals surface area contributed by atoms with Gasteiger partial charge in [-0.3, -0.25) is 9.59 Å². The van der Waals surface area contributed by atoms with Crippen molar-refractivity contribution in [3.05, 3.63) is 18.2 Å². The van der Waals surface area contributed by atoms with E-state index < -0.39 is 5.41 Å². The van der Waals surface area contributed by atoms with Crippen molar-refractivity contribution in [1.29, 1.82) is 0 Å². The number of benzene rings is 1. The van der Waals surface area contributed by atoms with Gasteiger partial charge in [-0.15, -0.1) is 0 Å². The fourth-order valence-corrected chi connectivity index (χ4v) is 2.42. The van der Waals surface area contributed by atoms with E-state index in [2.05, 4.69) is 5.32 Å². The van der Waals surface area contributed by atoms with Gasteiger partial charge in [0.1, 0.15) is 12.4 Å². The number of anilines is 2. The molecule has 1 aromatic rings. The molecule has 120 valence electrons. The molecule has 0 fully saturated rings. The Bertz CT molecular complexity index is 581. The maximum Gasteiger partial charge on any atom is 0.236 e. The van der Waals surface area contributed by atoms with Crippen LogP contribution in [0, 0.1) is 5.41 Å². The van der Waals surface area contributed by atoms with Gasteiger partial charge in [0.05, 0.1) is 11.1 Å². The molecule has 0 aromatic heterocycles. The van der Waals surface area contributed by atoms with Crippen molar-refractivity contribution in [3.63, 3.8) is 0 Å². The zero-order valence-electron chi connectivity index (χ0n) is 13.7. The molecule has 0 aliphatic carbocycles. The lowest BCUT2D eigenvalue weighted by atomic mass is 9.93. The Morgan fingerprint density at radius 3 is 2.73 bits per heavy atom. The van der Waals surface area contributed by atoms with Gasteiger partial charge >= 0.3 is 0 Å². The third-order valence-electron chi connectivity index (χ3n) is 3.71. The summed E-state index contributed by atoms with van der Waals surface area (Å²) in [5.74, 6) is 0.678. The van der Waals surface area contributed by atoms with Gasteiger partial charge in [-0.2, -0.15) is 0 Å². The van der Waals surface area contributed by atoms with Gasteiger partial charge in [0, 0.05) is 18.7 Å². The summed E-state index contributed by atoms with van der Waals surface area (Å²) in [4.78, 5) is 26.1. The van der Waals surface area contributed by atoms with Crippen LogP contribution in [0.15, 0.2) is 18.2 Å². The Morgan fingerprint density at radius 2 is 2.09 bits per heavy atom. The van der Waals surface area contributed by atoms with E-state index in [1.165, 1.54) is 0 Å². The van der Waals surface area contributed by atoms with Gasteiger partial charge in [-0.25, -0.2) is 0 Å². The normalized spacial score (nSPS) is 16.5. The molecule has 1 aliphatic rings. The molecule has 0 spiro atoms. The number of hydrogen-bond acceptors (Lipinski definition) is 3. The summed E-state index contributed by atoms with van der Waals surface area (Å²) >= 11 is 0. The predicted molar refractivity (Wildman–Crippen MR) is 87.3 cm³/mol. The second-order valence-corrected chi connectivity index (χ2v) is 6.21. The molecule has 2 amide bonds. The number of carbonyl (C=O) groups is 2. The highest BCUT2D eigenvalue weighted by molar-refractivity contribution is 6.00. The van der Waals surface area contributed by atoms with E-state index in [-0.39, 0.29) is 11.8 Å². The Balaban J connectivity index is 2.42. The topological polar surface area (TPSA) is 58.6 Å². The molecule has 0 unspecified atom stereocenters. The van der Waals surface area contributed by atoms with Crippen LogP contribution in [0.5, 0.6) is 5.75 Å². The van der Waals surface area contributed by atoms with Crippen molar-refractivity contribution >= 4 is 23.2 Å². The Hall–Kier alpha value is -2.04. The minimum atomic E-state index is -0.568. The average Bonchev–Trinajstić information content (AvgIpc) is 2.58. The zero-order chi connectivity index (χ0) is 16.3. The summed E-state index contributed by atoms with van der Waals surface area (Å²) in [7, 11) is 0. The quantitative estimate of drug-likeness (QED) is 0.929. The van der Waals surface area contributed by atoms with Gasteiger partial charge < -0.3 is 15.0 Å². The van der Waals surface area contributed by atoms with E-state index >= 15 is 0 Å². The van der Waals surface area contributed by atoms with E-state index in [9.17, 15) is 9.59 Å². The van der Waals surface area contributed by atoms with Crippen LogP contribution in [0.25, 0.3) is 0 Å². The smallest absolute Gasteiger partial charge is 0.236 e. The van der Waals surface area contributed by atoms with E-state index in [4.69, 9.17) is 4.74 Å². The molecule has 0 bridgehead atoms. The molecular formula is C17H24N2O3. The molecule has 1 aromatic carbocycles. The van der Waals surface area contributed by atoms with Gasteiger partial charge in [-0.05, 0) is 38.5 Å². The number of rotatable bonds is 4. The van der Waals surface area contributed by atoms with Crippen molar-refractivity contribution < 1.29 is 14.3 Å². The molecule has 5 nitrogen and oxygen atoms in total. The Labute approximate surface area is 131 Å². The number of fused-ring (bicyclic) bond motifs is 1. The van der Waals surface area contributed by atoms with Crippen LogP contribution in [0.2, 0.25) is 0 Å². The fraction of sp³-hybridized carbons (Fsp3) is 0.529. The molecule has 0 saturated carbocycles. The van der Waals surface area contributed by atoms with Gasteiger partial charge in [0.2, 0.25) is 11.8 Å². The van der Waals surface area contributed by atoms with Crippen LogP contribution < -0.4 is 15.0 Å². The molecule has 1 N–H and O–H groups in total. The van der Waals surface area contributed by atoms with E-state index in [1.807, 2.05) is 32.9 Å². The van der Waals surface area contributed by atoms with Crippen LogP contribution in [0.4, 0.5) is 11.4 Å². The number of ether oxygens (including phenoxy) is 1. The Kier molecular flexibility index (Phi) is 4.74. The standard InChI is InChI=1S/C17H24N2O3/c1-5-9-19-13-10-12(18-15(20)6-2)7-8-14(13)22-11-17(3,4)16(19)21/h7-8,10H,5-6,9,11H2,1-4H3,(H,18,20). The number of nitrogens with one attached hydrogen (secondary N) is 1. The summed E-state index contributed by atoms with van der Waals surface area (Å²) in [6.45, 7) is 8.60. The van der Waals surface area contributed by atoms with Gasteiger partial charge in [-0.1, -0.05) is 13.8 Å². The third kappa shape index (κ3) is 3.24. The van der Waals surface area contributed by atoms with Crippen LogP contribution in [-0.2, 0) is 9.59 Å². The predicted octanol–water partition coefficient (Wildman–Crippen LogP) is 3.20. The molecular weight excluding hydrogens is 280 g/mol. The average molecular weight is 304 g/mol. The molecule has 0 saturated heterocycles. The van der Waals surface area contributed by atoms with Crippen molar-refractivity contribution in [2.75, 3.05) is 23.4 Å². The second-order valence-electron chi connectivity index (χ2n) is 6.21. The Morgan fingerprint density at radius 1 is 1.36 bits per heavy atom. The number of hydrogen-bond donors (Lipinski definition) is 1. The lowest BCUT2D eigenvalue weighted by molar-refractivity contribution is -0.127. The first-order valence-electron chi connectivity index (χ1n) is 7.77. The van der Waals surface area contributed by atoms with E-state index in [0.717, 1.165) is 12.1 Å². The minimum Gasteiger partial charge on any atom is -0.490 e. The lowest BCUT2D eigenvalue weighted by Gasteiger charge is -2.27. The number of carbonyl (C=O) groups excluding carboxylic acids is 2. The van der Waals surface area contributed by atoms with E-state index in [0.29, 0.717) is 31.0 Å². The van der Waals surface area contributed by atoms with Crippen LogP contribution in [0.3, 0.4) is 0 Å². The van der Waals surface area contributed by atoms with Crippen LogP contribution in [0.1, 0.15) is 40.5 Å². The highest BCUT2D eigenvalue weighted by atomic mass is 16.5. The highest BCUT2D eigenvalue weighted by Crippen LogP contribution is 2.38. The summed E-state index contributed by atoms with van der Waals surface area (Å²) in [5, 5.41) is 2.83. The SMILES string of the molecule is CCCN1C(=O)C(C)(C)COc2ccc(NC(=O)CC)cc21. The molecule has 5 heteroatoms. The molecule has 1 aliphatic heterocycles. The first-order chi connectivity index (χ1) is 10.4. The van der Waals surface area contributed by atoms with E-state index in [1.54, 1.807) is 17.9 Å². The molecule has 2 rings (SSSR count). The molecule has 22 heavy (non-hydrogen) atoms. The highest BCUT2D eigenvalue weighted by Gasteiger charge is 2.37. The van der Waals surface area contributed by atoms with Crippen LogP contribution in [-0.4, -0.2) is 25.0 Å². The first kappa shape index (κ1) is 16.3. The zero-order valence-corrected chi connectivity index (χ0v) is 13.7. The lowest BCUT2D eigenvalue weighted by Crippen LogP contribution is -2.42. The van der Waals surface area contributed by atoms with Crippen LogP contribution >= 0.6 is 0 Å². The summed E-state index contributed by atoms with van der Waals surface area (Å²) < 4.78 is 5.82. The fourth-order valence-electron chi connectivity index (χ4n) is 2.42. The summed E-state index contributed by atoms with van der Waals surface area (Å²) in [6, 6.07) is 5.44. The van der Waals surface area contributed by atoms with Gasteiger partial charge in [0.25, 0.3) is 0 Å². The largest absolute Gasteiger partial charge is 0.490 e. The van der Waals surface area contributed by atoms with Gasteiger partial charge in [0.15, 0.2) is 0 Å². The van der Waals surface area contributed by atoms with Crippen molar-refractivity contribution in [2.45, 2.75) is 40.5 Å². The number of nitrogens with zero attached hydrogens (tertiary/aromatic N) is 1. The molecule has 1 heterocycles. The summed E-state index contributed by atoms with van der Waals surface area (Å²) in [6.07, 6.45) is 1.27. The third-order valence-corrected chi connectivity index (χ3v) is 3.71. The minimum absolute atomic E-state index is 0.0482. The monoisotopic (exact) mass is 304 g/mol. The van der Waals surface area contributed by atoms with Crippen molar-refractivity contribution in [2.24, 2.45) is 5.41 Å².